The summed E-state index contributed by atoms with van der Waals surface area (Å²) in [5, 5.41) is 0. The van der Waals surface area contributed by atoms with Crippen molar-refractivity contribution in [2.45, 2.75) is 41.5 Å². The molecule has 156 valence electrons. The molecule has 0 saturated carbocycles. The van der Waals surface area contributed by atoms with E-state index in [1.807, 2.05) is 0 Å². The number of aryl methyl sites for hydroxylation is 6. The van der Waals surface area contributed by atoms with E-state index in [9.17, 15) is 0 Å². The summed E-state index contributed by atoms with van der Waals surface area (Å²) in [5.41, 5.74) is 17.0. The van der Waals surface area contributed by atoms with Crippen LogP contribution in [-0.2, 0) is 0 Å². The van der Waals surface area contributed by atoms with Crippen LogP contribution in [0.1, 0.15) is 33.4 Å². The first-order valence-electron chi connectivity index (χ1n) is 11.7. The van der Waals surface area contributed by atoms with Crippen molar-refractivity contribution >= 4 is 46.2 Å². The van der Waals surface area contributed by atoms with E-state index in [0.717, 1.165) is 0 Å². The zero-order valence-corrected chi connectivity index (χ0v) is 20.1. The zero-order valence-electron chi connectivity index (χ0n) is 20.1. The minimum absolute atomic E-state index is 0.269. The van der Waals surface area contributed by atoms with Crippen molar-refractivity contribution in [2.75, 3.05) is 0 Å². The predicted octanol–water partition coefficient (Wildman–Crippen LogP) is 2.88. The molecular formula is C30H30B2. The van der Waals surface area contributed by atoms with Gasteiger partial charge in [-0.1, -0.05) is 139 Å². The number of benzene rings is 4. The third-order valence-electron chi connectivity index (χ3n) is 7.29. The fourth-order valence-electron chi connectivity index (χ4n) is 6.32. The van der Waals surface area contributed by atoms with Crippen LogP contribution in [0.15, 0.2) is 72.8 Å². The summed E-state index contributed by atoms with van der Waals surface area (Å²) in [6, 6.07) is 27.7. The molecule has 0 aliphatic carbocycles. The summed E-state index contributed by atoms with van der Waals surface area (Å²) < 4.78 is 0. The Labute approximate surface area is 193 Å². The van der Waals surface area contributed by atoms with Crippen LogP contribution in [0.25, 0.3) is 0 Å². The molecule has 0 atom stereocenters. The molecule has 0 unspecified atom stereocenters. The lowest BCUT2D eigenvalue weighted by molar-refractivity contribution is 1.35. The van der Waals surface area contributed by atoms with Gasteiger partial charge in [0.05, 0.1) is 0 Å². The molecule has 0 fully saturated rings. The third-order valence-corrected chi connectivity index (χ3v) is 7.29. The van der Waals surface area contributed by atoms with E-state index in [4.69, 9.17) is 0 Å². The highest BCUT2D eigenvalue weighted by molar-refractivity contribution is 7.11. The van der Waals surface area contributed by atoms with E-state index < -0.39 is 0 Å². The summed E-state index contributed by atoms with van der Waals surface area (Å²) in [5.74, 6) is 0. The zero-order chi connectivity index (χ0) is 22.6. The van der Waals surface area contributed by atoms with E-state index in [2.05, 4.69) is 114 Å². The lowest BCUT2D eigenvalue weighted by Gasteiger charge is -2.34. The molecule has 4 aromatic carbocycles. The van der Waals surface area contributed by atoms with Gasteiger partial charge in [0.15, 0.2) is 0 Å². The van der Waals surface area contributed by atoms with Gasteiger partial charge in [0.25, 0.3) is 0 Å². The molecule has 1 aliphatic rings. The van der Waals surface area contributed by atoms with Crippen molar-refractivity contribution in [3.8, 4) is 0 Å². The lowest BCUT2D eigenvalue weighted by Crippen LogP contribution is -2.75. The molecular weight excluding hydrogens is 382 g/mol. The van der Waals surface area contributed by atoms with Gasteiger partial charge in [-0.25, -0.2) is 0 Å². The van der Waals surface area contributed by atoms with Gasteiger partial charge in [-0.15, -0.1) is 0 Å². The Bertz CT molecular complexity index is 1150. The van der Waals surface area contributed by atoms with Crippen LogP contribution in [0.2, 0.25) is 0 Å². The molecule has 0 nitrogen and oxygen atoms in total. The molecule has 0 radical (unpaired) electrons. The average Bonchev–Trinajstić information content (AvgIpc) is 2.73. The summed E-state index contributed by atoms with van der Waals surface area (Å²) in [6.07, 6.45) is 0. The van der Waals surface area contributed by atoms with Crippen molar-refractivity contribution in [1.82, 2.24) is 0 Å². The quantitative estimate of drug-likeness (QED) is 0.392. The van der Waals surface area contributed by atoms with Crippen LogP contribution in [0, 0.1) is 41.5 Å². The molecule has 0 bridgehead atoms. The molecule has 0 saturated heterocycles. The van der Waals surface area contributed by atoms with E-state index in [1.54, 1.807) is 0 Å². The SMILES string of the molecule is Cc1cc(C)c(B2c3ccccc3B(c3c(C)cc(C)cc3C)c3ccccc32)c(C)c1. The van der Waals surface area contributed by atoms with Crippen LogP contribution < -0.4 is 32.8 Å². The largest absolute Gasteiger partial charge is 0.240 e. The molecule has 0 amide bonds. The fraction of sp³-hybridized carbons (Fsp3) is 0.200. The average molecular weight is 412 g/mol. The summed E-state index contributed by atoms with van der Waals surface area (Å²) >= 11 is 0. The first kappa shape index (κ1) is 20.9. The molecule has 0 N–H and O–H groups in total. The fourth-order valence-corrected chi connectivity index (χ4v) is 6.32. The molecule has 1 aliphatic heterocycles. The Hall–Kier alpha value is -2.99. The van der Waals surface area contributed by atoms with Crippen LogP contribution in [0.4, 0.5) is 0 Å². The van der Waals surface area contributed by atoms with E-state index >= 15 is 0 Å². The number of rotatable bonds is 2. The number of hydrogen-bond donors (Lipinski definition) is 0. The van der Waals surface area contributed by atoms with Gasteiger partial charge in [-0.3, -0.25) is 0 Å². The highest BCUT2D eigenvalue weighted by Gasteiger charge is 2.40. The Kier molecular flexibility index (Phi) is 5.13. The molecule has 0 aromatic heterocycles. The van der Waals surface area contributed by atoms with Crippen LogP contribution in [0.3, 0.4) is 0 Å². The van der Waals surface area contributed by atoms with Crippen LogP contribution >= 0.6 is 0 Å². The molecule has 1 heterocycles. The highest BCUT2D eigenvalue weighted by atomic mass is 14.2. The van der Waals surface area contributed by atoms with Gasteiger partial charge in [-0.2, -0.15) is 0 Å². The van der Waals surface area contributed by atoms with Crippen LogP contribution in [0.5, 0.6) is 0 Å². The van der Waals surface area contributed by atoms with Gasteiger partial charge in [0.1, 0.15) is 0 Å². The second-order valence-corrected chi connectivity index (χ2v) is 9.75. The maximum absolute atomic E-state index is 2.36. The van der Waals surface area contributed by atoms with E-state index in [1.165, 1.54) is 66.2 Å². The Morgan fingerprint density at radius 2 is 0.656 bits per heavy atom. The second-order valence-electron chi connectivity index (χ2n) is 9.75. The first-order chi connectivity index (χ1) is 15.4. The number of fused-ring (bicyclic) bond motifs is 2. The molecule has 4 aromatic rings. The maximum Gasteiger partial charge on any atom is 0.240 e. The Balaban J connectivity index is 1.85. The monoisotopic (exact) mass is 412 g/mol. The minimum Gasteiger partial charge on any atom is -0.0733 e. The van der Waals surface area contributed by atoms with Gasteiger partial charge >= 0.3 is 0 Å². The third kappa shape index (κ3) is 3.25. The van der Waals surface area contributed by atoms with Crippen molar-refractivity contribution < 1.29 is 0 Å². The molecule has 0 spiro atoms. The van der Waals surface area contributed by atoms with Gasteiger partial charge in [0, 0.05) is 0 Å². The van der Waals surface area contributed by atoms with Gasteiger partial charge < -0.3 is 0 Å². The normalized spacial score (nSPS) is 12.6. The highest BCUT2D eigenvalue weighted by Crippen LogP contribution is 2.12. The lowest BCUT2D eigenvalue weighted by atomic mass is 9.20. The van der Waals surface area contributed by atoms with Crippen molar-refractivity contribution in [3.63, 3.8) is 0 Å². The van der Waals surface area contributed by atoms with Crippen molar-refractivity contribution in [2.24, 2.45) is 0 Å². The first-order valence-corrected chi connectivity index (χ1v) is 11.7. The predicted molar refractivity (Wildman–Crippen MR) is 144 cm³/mol. The van der Waals surface area contributed by atoms with Gasteiger partial charge in [-0.05, 0) is 41.5 Å². The van der Waals surface area contributed by atoms with Crippen LogP contribution in [-0.4, -0.2) is 13.4 Å². The van der Waals surface area contributed by atoms with Crippen molar-refractivity contribution in [3.05, 3.63) is 106 Å². The summed E-state index contributed by atoms with van der Waals surface area (Å²) in [7, 11) is 0. The smallest absolute Gasteiger partial charge is 0.0733 e. The maximum atomic E-state index is 2.36. The van der Waals surface area contributed by atoms with E-state index in [0.29, 0.717) is 0 Å². The van der Waals surface area contributed by atoms with E-state index in [-0.39, 0.29) is 13.4 Å². The molecule has 32 heavy (non-hydrogen) atoms. The molecule has 2 heteroatoms. The Morgan fingerprint density at radius 3 is 0.906 bits per heavy atom. The minimum atomic E-state index is 0.269. The summed E-state index contributed by atoms with van der Waals surface area (Å²) in [4.78, 5) is 0. The standard InChI is InChI=1S/C30H30B2/c1-19-15-21(3)29(22(4)16-19)31-25-11-7-9-13-27(25)32(28-14-10-8-12-26(28)31)30-23(5)17-20(2)18-24(30)6/h7-18H,1-6H3. The van der Waals surface area contributed by atoms with Gasteiger partial charge in [0.2, 0.25) is 13.4 Å². The molecule has 5 rings (SSSR count). The second kappa shape index (κ2) is 7.85. The van der Waals surface area contributed by atoms with Crippen molar-refractivity contribution in [1.29, 1.82) is 0 Å². The number of hydrogen-bond acceptors (Lipinski definition) is 0. The topological polar surface area (TPSA) is 0 Å². The Morgan fingerprint density at radius 1 is 0.406 bits per heavy atom. The summed E-state index contributed by atoms with van der Waals surface area (Å²) in [6.45, 7) is 14.1.